The molecule has 0 radical (unpaired) electrons. The van der Waals surface area contributed by atoms with Gasteiger partial charge in [0, 0.05) is 32.4 Å². The van der Waals surface area contributed by atoms with Gasteiger partial charge in [-0.05, 0) is 74.6 Å². The number of nitrogens with zero attached hydrogens (tertiary/aromatic N) is 4. The Morgan fingerprint density at radius 1 is 1.32 bits per heavy atom. The van der Waals surface area contributed by atoms with Crippen LogP contribution in [0.25, 0.3) is 10.2 Å². The van der Waals surface area contributed by atoms with Crippen LogP contribution in [-0.2, 0) is 22.4 Å². The van der Waals surface area contributed by atoms with Gasteiger partial charge in [0.05, 0.1) is 16.3 Å². The monoisotopic (exact) mass is 544 g/mol. The number of aromatic nitrogens is 3. The maximum Gasteiger partial charge on any atom is 0.326 e. The lowest BCUT2D eigenvalue weighted by molar-refractivity contribution is -0.138. The topological polar surface area (TPSA) is 113 Å². The number of fused-ring (bicyclic) bond motifs is 2. The second-order valence-electron chi connectivity index (χ2n) is 9.75. The molecule has 1 aliphatic rings. The van der Waals surface area contributed by atoms with Gasteiger partial charge in [0.2, 0.25) is 0 Å². The van der Waals surface area contributed by atoms with E-state index in [0.29, 0.717) is 25.3 Å². The maximum atomic E-state index is 13.4. The van der Waals surface area contributed by atoms with Gasteiger partial charge < -0.3 is 25.4 Å². The fourth-order valence-corrected chi connectivity index (χ4v) is 5.68. The molecule has 0 unspecified atom stereocenters. The Hall–Kier alpha value is -2.89. The molecule has 9 nitrogen and oxygen atoms in total. The number of carboxylic acids is 1. The molecule has 3 aromatic heterocycles. The molecule has 4 rings (SSSR count). The number of pyridine rings is 1. The van der Waals surface area contributed by atoms with Crippen molar-refractivity contribution in [3.63, 3.8) is 0 Å². The van der Waals surface area contributed by atoms with Gasteiger partial charge in [-0.3, -0.25) is 0 Å². The summed E-state index contributed by atoms with van der Waals surface area (Å²) in [6.07, 6.45) is 6.15. The number of alkyl halides is 1. The van der Waals surface area contributed by atoms with Crippen LogP contribution in [0.1, 0.15) is 42.5 Å². The van der Waals surface area contributed by atoms with E-state index in [1.165, 1.54) is 30.3 Å². The van der Waals surface area contributed by atoms with Crippen molar-refractivity contribution in [1.29, 1.82) is 0 Å². The van der Waals surface area contributed by atoms with Gasteiger partial charge in [-0.2, -0.15) is 0 Å². The number of ether oxygens (including phenoxy) is 1. The van der Waals surface area contributed by atoms with E-state index in [1.54, 1.807) is 0 Å². The van der Waals surface area contributed by atoms with Crippen LogP contribution in [0.3, 0.4) is 0 Å². The molecular weight excluding hydrogens is 507 g/mol. The van der Waals surface area contributed by atoms with Crippen LogP contribution in [0, 0.1) is 6.92 Å². The molecule has 38 heavy (non-hydrogen) atoms. The minimum absolute atomic E-state index is 0.339. The van der Waals surface area contributed by atoms with Gasteiger partial charge in [-0.1, -0.05) is 6.07 Å². The Morgan fingerprint density at radius 2 is 2.18 bits per heavy atom. The van der Waals surface area contributed by atoms with Crippen molar-refractivity contribution in [2.45, 2.75) is 57.6 Å². The SMILES string of the molecule is CO[C@H](CF)CN(CCCCc1ccc2c(n1)NCCC2)CC[C@H](Nc1ncnc2c(C)csc12)C(=O)O. The number of rotatable bonds is 15. The lowest BCUT2D eigenvalue weighted by atomic mass is 10.1. The normalized spacial score (nSPS) is 14.7. The zero-order chi connectivity index (χ0) is 26.9. The molecule has 0 aliphatic carbocycles. The quantitative estimate of drug-likeness (QED) is 0.241. The first kappa shape index (κ1) is 28.1. The first-order chi connectivity index (χ1) is 18.5. The smallest absolute Gasteiger partial charge is 0.326 e. The van der Waals surface area contributed by atoms with Crippen LogP contribution in [0.4, 0.5) is 16.0 Å². The third-order valence-corrected chi connectivity index (χ3v) is 8.04. The van der Waals surface area contributed by atoms with E-state index in [-0.39, 0.29) is 0 Å². The van der Waals surface area contributed by atoms with Gasteiger partial charge in [-0.25, -0.2) is 24.1 Å². The molecule has 0 saturated carbocycles. The molecule has 0 fully saturated rings. The van der Waals surface area contributed by atoms with E-state index >= 15 is 0 Å². The number of carboxylic acid groups (broad SMARTS) is 1. The first-order valence-corrected chi connectivity index (χ1v) is 14.1. The lowest BCUT2D eigenvalue weighted by Gasteiger charge is -2.27. The summed E-state index contributed by atoms with van der Waals surface area (Å²) in [7, 11) is 1.50. The average molecular weight is 545 g/mol. The third-order valence-electron chi connectivity index (χ3n) is 6.95. The zero-order valence-corrected chi connectivity index (χ0v) is 22.9. The molecule has 3 aromatic rings. The number of halogens is 1. The van der Waals surface area contributed by atoms with Gasteiger partial charge in [0.25, 0.3) is 0 Å². The van der Waals surface area contributed by atoms with Crippen molar-refractivity contribution >= 4 is 39.2 Å². The number of hydrogen-bond acceptors (Lipinski definition) is 9. The molecule has 11 heteroatoms. The van der Waals surface area contributed by atoms with E-state index in [4.69, 9.17) is 9.72 Å². The summed E-state index contributed by atoms with van der Waals surface area (Å²) in [5.74, 6) is 0.579. The van der Waals surface area contributed by atoms with Gasteiger partial charge in [-0.15, -0.1) is 11.3 Å². The summed E-state index contributed by atoms with van der Waals surface area (Å²) < 4.78 is 19.6. The fourth-order valence-electron chi connectivity index (χ4n) is 4.72. The molecule has 0 aromatic carbocycles. The van der Waals surface area contributed by atoms with Crippen LogP contribution in [0.5, 0.6) is 0 Å². The summed E-state index contributed by atoms with van der Waals surface area (Å²) in [6, 6.07) is 3.44. The van der Waals surface area contributed by atoms with E-state index in [0.717, 1.165) is 72.5 Å². The van der Waals surface area contributed by atoms with Gasteiger partial charge in [0.1, 0.15) is 30.7 Å². The van der Waals surface area contributed by atoms with E-state index in [9.17, 15) is 14.3 Å². The molecule has 1 aliphatic heterocycles. The van der Waals surface area contributed by atoms with Gasteiger partial charge in [0.15, 0.2) is 0 Å². The standard InChI is InChI=1S/C27H37FN6O3S/c1-18-16-38-24-23(18)30-17-31-26(24)33-22(27(35)36)10-13-34(15-21(14-28)37-2)12-4-3-7-20-9-8-19-6-5-11-29-25(19)32-20/h8-9,16-17,21-22H,3-7,10-15H2,1-2H3,(H,29,32)(H,35,36)(H,30,31,33)/t21-,22+/m1/s1. The molecule has 4 heterocycles. The predicted molar refractivity (Wildman–Crippen MR) is 149 cm³/mol. The van der Waals surface area contributed by atoms with Crippen LogP contribution < -0.4 is 10.6 Å². The maximum absolute atomic E-state index is 13.4. The van der Waals surface area contributed by atoms with Crippen LogP contribution >= 0.6 is 11.3 Å². The Balaban J connectivity index is 1.33. The molecule has 2 atom stereocenters. The summed E-state index contributed by atoms with van der Waals surface area (Å²) in [4.78, 5) is 27.6. The predicted octanol–water partition coefficient (Wildman–Crippen LogP) is 4.32. The molecular formula is C27H37FN6O3S. The number of anilines is 2. The number of methoxy groups -OCH3 is 1. The van der Waals surface area contributed by atoms with Crippen molar-refractivity contribution in [1.82, 2.24) is 19.9 Å². The second-order valence-corrected chi connectivity index (χ2v) is 10.6. The highest BCUT2D eigenvalue weighted by Crippen LogP contribution is 2.29. The van der Waals surface area contributed by atoms with Crippen molar-refractivity contribution < 1.29 is 19.0 Å². The van der Waals surface area contributed by atoms with E-state index in [2.05, 4.69) is 37.6 Å². The number of hydrogen-bond donors (Lipinski definition) is 3. The van der Waals surface area contributed by atoms with Gasteiger partial charge >= 0.3 is 5.97 Å². The summed E-state index contributed by atoms with van der Waals surface area (Å²) in [5, 5.41) is 18.4. The van der Waals surface area contributed by atoms with Crippen molar-refractivity contribution in [2.75, 3.05) is 50.6 Å². The van der Waals surface area contributed by atoms with Crippen LogP contribution in [0.15, 0.2) is 23.8 Å². The first-order valence-electron chi connectivity index (χ1n) is 13.2. The molecule has 0 amide bonds. The highest BCUT2D eigenvalue weighted by molar-refractivity contribution is 7.18. The molecule has 0 saturated heterocycles. The largest absolute Gasteiger partial charge is 0.480 e. The average Bonchev–Trinajstić information content (AvgIpc) is 3.32. The Kier molecular flexibility index (Phi) is 10.2. The third kappa shape index (κ3) is 7.36. The number of aliphatic carboxylic acids is 1. The summed E-state index contributed by atoms with van der Waals surface area (Å²) >= 11 is 1.49. The number of thiophene rings is 1. The highest BCUT2D eigenvalue weighted by Gasteiger charge is 2.22. The zero-order valence-electron chi connectivity index (χ0n) is 22.1. The number of aryl methyl sites for hydroxylation is 3. The van der Waals surface area contributed by atoms with E-state index in [1.807, 2.05) is 12.3 Å². The molecule has 0 spiro atoms. The minimum Gasteiger partial charge on any atom is -0.480 e. The summed E-state index contributed by atoms with van der Waals surface area (Å²) in [5.41, 5.74) is 4.21. The number of nitrogens with one attached hydrogen (secondary N) is 2. The fraction of sp³-hybridized carbons (Fsp3) is 0.556. The van der Waals surface area contributed by atoms with Crippen LogP contribution in [0.2, 0.25) is 0 Å². The highest BCUT2D eigenvalue weighted by atomic mass is 32.1. The van der Waals surface area contributed by atoms with Crippen LogP contribution in [-0.4, -0.2) is 83.0 Å². The molecule has 0 bridgehead atoms. The second kappa shape index (κ2) is 13.8. The Labute approximate surface area is 226 Å². The molecule has 3 N–H and O–H groups in total. The number of carbonyl (C=O) groups is 1. The van der Waals surface area contributed by atoms with Crippen molar-refractivity contribution in [2.24, 2.45) is 0 Å². The summed E-state index contributed by atoms with van der Waals surface area (Å²) in [6.45, 7) is 3.96. The molecule has 206 valence electrons. The van der Waals surface area contributed by atoms with Crippen molar-refractivity contribution in [3.05, 3.63) is 40.7 Å². The Morgan fingerprint density at radius 3 is 2.97 bits per heavy atom. The number of unbranched alkanes of at least 4 members (excludes halogenated alkanes) is 1. The van der Waals surface area contributed by atoms with Crippen molar-refractivity contribution in [3.8, 4) is 0 Å². The van der Waals surface area contributed by atoms with E-state index < -0.39 is 24.8 Å². The Bertz CT molecular complexity index is 1200. The minimum atomic E-state index is -0.953. The lowest BCUT2D eigenvalue weighted by Crippen LogP contribution is -2.39.